The van der Waals surface area contributed by atoms with E-state index in [4.69, 9.17) is 14.9 Å². The van der Waals surface area contributed by atoms with E-state index in [0.29, 0.717) is 24.0 Å². The minimum absolute atomic E-state index is 0.345. The molecule has 0 aliphatic heterocycles. The number of carbonyl (C=O) groups is 1. The summed E-state index contributed by atoms with van der Waals surface area (Å²) in [6.07, 6.45) is 1.70. The number of thioether (sulfide) groups is 1. The van der Waals surface area contributed by atoms with Crippen molar-refractivity contribution in [1.29, 1.82) is 0 Å². The number of benzene rings is 1. The molecule has 0 saturated carbocycles. The summed E-state index contributed by atoms with van der Waals surface area (Å²) in [7, 11) is 0. The molecule has 0 radical (unpaired) electrons. The van der Waals surface area contributed by atoms with Crippen molar-refractivity contribution in [2.75, 3.05) is 12.4 Å². The van der Waals surface area contributed by atoms with Crippen LogP contribution in [-0.4, -0.2) is 29.4 Å². The molecular weight excluding hydrogens is 288 g/mol. The van der Waals surface area contributed by atoms with E-state index in [0.717, 1.165) is 11.3 Å². The van der Waals surface area contributed by atoms with Crippen molar-refractivity contribution < 1.29 is 13.9 Å². The number of ether oxygens (including phenoxy) is 1. The second-order valence-corrected chi connectivity index (χ2v) is 5.39. The third-order valence-corrected chi connectivity index (χ3v) is 3.77. The van der Waals surface area contributed by atoms with E-state index < -0.39 is 6.04 Å². The lowest BCUT2D eigenvalue weighted by molar-refractivity contribution is -0.144. The predicted molar refractivity (Wildman–Crippen MR) is 82.7 cm³/mol. The van der Waals surface area contributed by atoms with E-state index in [9.17, 15) is 4.79 Å². The van der Waals surface area contributed by atoms with Crippen LogP contribution in [0.5, 0.6) is 0 Å². The number of hydrogen-bond acceptors (Lipinski definition) is 6. The summed E-state index contributed by atoms with van der Waals surface area (Å²) in [6.45, 7) is 2.10. The van der Waals surface area contributed by atoms with Crippen LogP contribution in [0.1, 0.15) is 12.8 Å². The Bertz CT molecular complexity index is 571. The highest BCUT2D eigenvalue weighted by atomic mass is 32.2. The highest BCUT2D eigenvalue weighted by Crippen LogP contribution is 2.22. The minimum atomic E-state index is -0.612. The molecule has 6 heteroatoms. The van der Waals surface area contributed by atoms with Gasteiger partial charge in [-0.05, 0) is 6.92 Å². The van der Waals surface area contributed by atoms with E-state index in [-0.39, 0.29) is 5.97 Å². The second-order valence-electron chi connectivity index (χ2n) is 4.36. The number of hydrogen-bond donors (Lipinski definition) is 1. The van der Waals surface area contributed by atoms with Gasteiger partial charge in [-0.1, -0.05) is 30.3 Å². The maximum atomic E-state index is 11.4. The molecule has 1 aromatic heterocycles. The van der Waals surface area contributed by atoms with Gasteiger partial charge in [0.2, 0.25) is 5.89 Å². The van der Waals surface area contributed by atoms with Gasteiger partial charge < -0.3 is 14.9 Å². The Morgan fingerprint density at radius 3 is 2.90 bits per heavy atom. The molecule has 2 N–H and O–H groups in total. The van der Waals surface area contributed by atoms with Gasteiger partial charge in [-0.15, -0.1) is 11.8 Å². The van der Waals surface area contributed by atoms with Crippen LogP contribution in [0.15, 0.2) is 40.9 Å². The smallest absolute Gasteiger partial charge is 0.323 e. The van der Waals surface area contributed by atoms with E-state index >= 15 is 0 Å². The fraction of sp³-hybridized carbons (Fsp3) is 0.333. The first-order valence-electron chi connectivity index (χ1n) is 6.70. The van der Waals surface area contributed by atoms with Crippen LogP contribution < -0.4 is 5.73 Å². The summed E-state index contributed by atoms with van der Waals surface area (Å²) >= 11 is 1.50. The van der Waals surface area contributed by atoms with Gasteiger partial charge in [-0.3, -0.25) is 4.79 Å². The quantitative estimate of drug-likeness (QED) is 0.792. The Balaban J connectivity index is 1.82. The molecule has 0 aliphatic rings. The average Bonchev–Trinajstić information content (AvgIpc) is 2.97. The van der Waals surface area contributed by atoms with Gasteiger partial charge >= 0.3 is 5.97 Å². The summed E-state index contributed by atoms with van der Waals surface area (Å²) in [4.78, 5) is 15.6. The molecule has 1 unspecified atom stereocenters. The summed E-state index contributed by atoms with van der Waals surface area (Å²) in [5.74, 6) is 2.03. The fourth-order valence-corrected chi connectivity index (χ4v) is 2.52. The van der Waals surface area contributed by atoms with Crippen molar-refractivity contribution >= 4 is 17.7 Å². The number of nitrogens with zero attached hydrogens (tertiary/aromatic N) is 1. The highest BCUT2D eigenvalue weighted by Gasteiger charge is 2.15. The Labute approximate surface area is 127 Å². The first-order valence-corrected chi connectivity index (χ1v) is 7.86. The number of carbonyl (C=O) groups excluding carboxylic acids is 1. The number of nitrogens with two attached hydrogens (primary N) is 1. The largest absolute Gasteiger partial charge is 0.465 e. The summed E-state index contributed by atoms with van der Waals surface area (Å²) < 4.78 is 10.5. The lowest BCUT2D eigenvalue weighted by Gasteiger charge is -2.08. The highest BCUT2D eigenvalue weighted by molar-refractivity contribution is 7.98. The molecule has 1 aromatic carbocycles. The summed E-state index contributed by atoms with van der Waals surface area (Å²) in [5.41, 5.74) is 6.71. The first-order chi connectivity index (χ1) is 10.2. The SMILES string of the molecule is CCOC(=O)C(N)CSCc1ncc(-c2ccccc2)o1. The van der Waals surface area contributed by atoms with Crippen LogP contribution in [0.2, 0.25) is 0 Å². The second kappa shape index (κ2) is 7.85. The van der Waals surface area contributed by atoms with E-state index in [1.807, 2.05) is 30.3 Å². The Hall–Kier alpha value is -1.79. The molecule has 112 valence electrons. The third-order valence-electron chi connectivity index (χ3n) is 2.72. The molecular formula is C15H18N2O3S. The van der Waals surface area contributed by atoms with Crippen molar-refractivity contribution in [3.8, 4) is 11.3 Å². The molecule has 1 atom stereocenters. The summed E-state index contributed by atoms with van der Waals surface area (Å²) in [6, 6.07) is 9.17. The Morgan fingerprint density at radius 1 is 1.43 bits per heavy atom. The van der Waals surface area contributed by atoms with Crippen molar-refractivity contribution in [1.82, 2.24) is 4.98 Å². The first kappa shape index (κ1) is 15.6. The lowest BCUT2D eigenvalue weighted by atomic mass is 10.2. The standard InChI is InChI=1S/C15H18N2O3S/c1-2-19-15(18)12(16)9-21-10-14-17-8-13(20-14)11-6-4-3-5-7-11/h3-8,12H,2,9-10,16H2,1H3. The third kappa shape index (κ3) is 4.61. The van der Waals surface area contributed by atoms with Crippen molar-refractivity contribution in [2.24, 2.45) is 5.73 Å². The Kier molecular flexibility index (Phi) is 5.83. The van der Waals surface area contributed by atoms with Gasteiger partial charge in [0.1, 0.15) is 6.04 Å². The van der Waals surface area contributed by atoms with E-state index in [1.54, 1.807) is 13.1 Å². The predicted octanol–water partition coefficient (Wildman–Crippen LogP) is 2.47. The number of esters is 1. The Morgan fingerprint density at radius 2 is 2.19 bits per heavy atom. The maximum Gasteiger partial charge on any atom is 0.323 e. The average molecular weight is 306 g/mol. The fourth-order valence-electron chi connectivity index (χ4n) is 1.70. The molecule has 0 aliphatic carbocycles. The van der Waals surface area contributed by atoms with Crippen LogP contribution in [0.4, 0.5) is 0 Å². The minimum Gasteiger partial charge on any atom is -0.465 e. The lowest BCUT2D eigenvalue weighted by Crippen LogP contribution is -2.34. The van der Waals surface area contributed by atoms with Gasteiger partial charge in [-0.25, -0.2) is 4.98 Å². The molecule has 2 aromatic rings. The van der Waals surface area contributed by atoms with Gasteiger partial charge in [0.15, 0.2) is 5.76 Å². The van der Waals surface area contributed by atoms with Crippen LogP contribution in [0.3, 0.4) is 0 Å². The molecule has 0 saturated heterocycles. The zero-order chi connectivity index (χ0) is 15.1. The van der Waals surface area contributed by atoms with E-state index in [2.05, 4.69) is 4.98 Å². The monoisotopic (exact) mass is 306 g/mol. The van der Waals surface area contributed by atoms with Crippen LogP contribution in [0.25, 0.3) is 11.3 Å². The van der Waals surface area contributed by atoms with Gasteiger partial charge in [0, 0.05) is 11.3 Å². The zero-order valence-corrected chi connectivity index (χ0v) is 12.6. The molecule has 2 rings (SSSR count). The van der Waals surface area contributed by atoms with Gasteiger partial charge in [0.05, 0.1) is 18.6 Å². The van der Waals surface area contributed by atoms with Crippen molar-refractivity contribution in [2.45, 2.75) is 18.7 Å². The molecule has 0 amide bonds. The van der Waals surface area contributed by atoms with Crippen LogP contribution >= 0.6 is 11.8 Å². The molecule has 0 spiro atoms. The van der Waals surface area contributed by atoms with Crippen LogP contribution in [-0.2, 0) is 15.3 Å². The van der Waals surface area contributed by atoms with Gasteiger partial charge in [0.25, 0.3) is 0 Å². The molecule has 0 fully saturated rings. The summed E-state index contributed by atoms with van der Waals surface area (Å²) in [5, 5.41) is 0. The van der Waals surface area contributed by atoms with Gasteiger partial charge in [-0.2, -0.15) is 0 Å². The molecule has 21 heavy (non-hydrogen) atoms. The topological polar surface area (TPSA) is 78.4 Å². The maximum absolute atomic E-state index is 11.4. The number of aromatic nitrogens is 1. The number of oxazole rings is 1. The normalized spacial score (nSPS) is 12.1. The van der Waals surface area contributed by atoms with Crippen molar-refractivity contribution in [3.05, 3.63) is 42.4 Å². The molecule has 5 nitrogen and oxygen atoms in total. The number of rotatable bonds is 7. The zero-order valence-electron chi connectivity index (χ0n) is 11.8. The van der Waals surface area contributed by atoms with E-state index in [1.165, 1.54) is 11.8 Å². The molecule has 1 heterocycles. The van der Waals surface area contributed by atoms with Crippen molar-refractivity contribution in [3.63, 3.8) is 0 Å². The molecule has 0 bridgehead atoms. The van der Waals surface area contributed by atoms with Crippen LogP contribution in [0, 0.1) is 0 Å².